The van der Waals surface area contributed by atoms with Crippen molar-refractivity contribution in [2.75, 3.05) is 46.3 Å². The maximum absolute atomic E-state index is 3.77. The molecule has 0 aromatic heterocycles. The first-order valence-corrected chi connectivity index (χ1v) is 9.05. The zero-order valence-corrected chi connectivity index (χ0v) is 14.9. The Balaban J connectivity index is 1.77. The molecule has 2 rings (SSSR count). The van der Waals surface area contributed by atoms with Gasteiger partial charge in [-0.1, -0.05) is 12.8 Å². The van der Waals surface area contributed by atoms with E-state index in [4.69, 9.17) is 0 Å². The highest BCUT2D eigenvalue weighted by molar-refractivity contribution is 4.91. The van der Waals surface area contributed by atoms with E-state index in [9.17, 15) is 0 Å². The minimum atomic E-state index is 0.240. The van der Waals surface area contributed by atoms with Crippen molar-refractivity contribution in [3.8, 4) is 0 Å². The van der Waals surface area contributed by atoms with Crippen molar-refractivity contribution >= 4 is 0 Å². The molecule has 0 spiro atoms. The van der Waals surface area contributed by atoms with Gasteiger partial charge in [-0.15, -0.1) is 0 Å². The van der Waals surface area contributed by atoms with E-state index in [2.05, 4.69) is 42.9 Å². The molecule has 0 atom stereocenters. The summed E-state index contributed by atoms with van der Waals surface area (Å²) in [5.41, 5.74) is 0.761. The maximum Gasteiger partial charge on any atom is 0.0109 e. The minimum absolute atomic E-state index is 0.240. The minimum Gasteiger partial charge on any atom is -0.311 e. The predicted molar refractivity (Wildman–Crippen MR) is 91.8 cm³/mol. The summed E-state index contributed by atoms with van der Waals surface area (Å²) in [5.74, 6) is 0. The summed E-state index contributed by atoms with van der Waals surface area (Å²) >= 11 is 0. The number of nitrogens with one attached hydrogen (secondary N) is 1. The van der Waals surface area contributed by atoms with Crippen LogP contribution in [0.5, 0.6) is 0 Å². The van der Waals surface area contributed by atoms with Gasteiger partial charge in [-0.25, -0.2) is 0 Å². The molecule has 3 nitrogen and oxygen atoms in total. The van der Waals surface area contributed by atoms with Crippen molar-refractivity contribution < 1.29 is 0 Å². The first-order valence-electron chi connectivity index (χ1n) is 9.05. The van der Waals surface area contributed by atoms with Crippen LogP contribution >= 0.6 is 0 Å². The molecule has 1 N–H and O–H groups in total. The van der Waals surface area contributed by atoms with Crippen LogP contribution in [0.25, 0.3) is 0 Å². The molecule has 124 valence electrons. The summed E-state index contributed by atoms with van der Waals surface area (Å²) in [4.78, 5) is 5.22. The van der Waals surface area contributed by atoms with Crippen LogP contribution in [0, 0.1) is 5.41 Å². The number of likely N-dealkylation sites (N-methyl/N-ethyl adjacent to an activating group) is 1. The molecule has 0 aromatic rings. The van der Waals surface area contributed by atoms with Gasteiger partial charge in [0, 0.05) is 31.7 Å². The van der Waals surface area contributed by atoms with Crippen LogP contribution in [0.1, 0.15) is 59.3 Å². The van der Waals surface area contributed by atoms with E-state index < -0.39 is 0 Å². The Morgan fingerprint density at radius 1 is 1.05 bits per heavy atom. The maximum atomic E-state index is 3.77. The fourth-order valence-corrected chi connectivity index (χ4v) is 3.94. The highest BCUT2D eigenvalue weighted by atomic mass is 15.2. The van der Waals surface area contributed by atoms with Gasteiger partial charge in [0.1, 0.15) is 0 Å². The Kier molecular flexibility index (Phi) is 6.10. The van der Waals surface area contributed by atoms with Crippen molar-refractivity contribution in [1.82, 2.24) is 15.1 Å². The monoisotopic (exact) mass is 295 g/mol. The van der Waals surface area contributed by atoms with Crippen LogP contribution in [-0.4, -0.2) is 61.7 Å². The Hall–Kier alpha value is -0.120. The van der Waals surface area contributed by atoms with Gasteiger partial charge >= 0.3 is 0 Å². The van der Waals surface area contributed by atoms with Crippen molar-refractivity contribution in [2.24, 2.45) is 5.41 Å². The third-order valence-electron chi connectivity index (χ3n) is 5.26. The number of likely N-dealkylation sites (tertiary alicyclic amines) is 1. The van der Waals surface area contributed by atoms with Crippen LogP contribution in [0.2, 0.25) is 0 Å². The third kappa shape index (κ3) is 5.88. The van der Waals surface area contributed by atoms with Crippen LogP contribution in [0.4, 0.5) is 0 Å². The van der Waals surface area contributed by atoms with Crippen molar-refractivity contribution in [1.29, 1.82) is 0 Å². The molecular weight excluding hydrogens is 258 g/mol. The molecule has 2 aliphatic rings. The zero-order valence-electron chi connectivity index (χ0n) is 14.9. The molecule has 0 amide bonds. The first kappa shape index (κ1) is 17.2. The lowest BCUT2D eigenvalue weighted by Gasteiger charge is -2.37. The van der Waals surface area contributed by atoms with Gasteiger partial charge in [-0.2, -0.15) is 0 Å². The SMILES string of the molecule is CN(CCN1CCCC1)CC1(CNC(C)(C)C)CCCC1. The third-order valence-corrected chi connectivity index (χ3v) is 5.26. The molecule has 0 bridgehead atoms. The molecule has 0 radical (unpaired) electrons. The fourth-order valence-electron chi connectivity index (χ4n) is 3.94. The highest BCUT2D eigenvalue weighted by Crippen LogP contribution is 2.38. The average molecular weight is 296 g/mol. The second-order valence-electron chi connectivity index (χ2n) is 8.60. The van der Waals surface area contributed by atoms with E-state index in [0.29, 0.717) is 5.41 Å². The van der Waals surface area contributed by atoms with E-state index in [1.54, 1.807) is 0 Å². The summed E-state index contributed by atoms with van der Waals surface area (Å²) in [6.07, 6.45) is 8.47. The van der Waals surface area contributed by atoms with Crippen LogP contribution in [0.15, 0.2) is 0 Å². The van der Waals surface area contributed by atoms with Crippen molar-refractivity contribution in [3.63, 3.8) is 0 Å². The highest BCUT2D eigenvalue weighted by Gasteiger charge is 2.35. The molecule has 3 heteroatoms. The molecule has 1 aliphatic carbocycles. The molecule has 1 aliphatic heterocycles. The summed E-state index contributed by atoms with van der Waals surface area (Å²) in [5, 5.41) is 3.77. The van der Waals surface area contributed by atoms with Gasteiger partial charge in [0.05, 0.1) is 0 Å². The Morgan fingerprint density at radius 3 is 2.24 bits per heavy atom. The second kappa shape index (κ2) is 7.43. The lowest BCUT2D eigenvalue weighted by atomic mass is 9.84. The number of rotatable bonds is 7. The average Bonchev–Trinajstić information content (AvgIpc) is 3.05. The first-order chi connectivity index (χ1) is 9.89. The molecule has 1 saturated carbocycles. The summed E-state index contributed by atoms with van der Waals surface area (Å²) in [6, 6.07) is 0. The van der Waals surface area contributed by atoms with E-state index >= 15 is 0 Å². The lowest BCUT2D eigenvalue weighted by Crippen LogP contribution is -2.48. The van der Waals surface area contributed by atoms with Crippen LogP contribution in [0.3, 0.4) is 0 Å². The lowest BCUT2D eigenvalue weighted by molar-refractivity contribution is 0.150. The molecule has 0 unspecified atom stereocenters. The number of nitrogens with zero attached hydrogens (tertiary/aromatic N) is 2. The van der Waals surface area contributed by atoms with Gasteiger partial charge in [-0.3, -0.25) is 0 Å². The second-order valence-corrected chi connectivity index (χ2v) is 8.60. The normalized spacial score (nSPS) is 23.3. The van der Waals surface area contributed by atoms with Gasteiger partial charge in [-0.05, 0) is 72.0 Å². The predicted octanol–water partition coefficient (Wildman–Crippen LogP) is 2.96. The van der Waals surface area contributed by atoms with Crippen LogP contribution < -0.4 is 5.32 Å². The Labute approximate surface area is 132 Å². The van der Waals surface area contributed by atoms with E-state index in [0.717, 1.165) is 0 Å². The van der Waals surface area contributed by atoms with E-state index in [-0.39, 0.29) is 5.54 Å². The summed E-state index contributed by atoms with van der Waals surface area (Å²) in [6.45, 7) is 14.5. The quantitative estimate of drug-likeness (QED) is 0.779. The number of hydrogen-bond donors (Lipinski definition) is 1. The van der Waals surface area contributed by atoms with Gasteiger partial charge in [0.2, 0.25) is 0 Å². The summed E-state index contributed by atoms with van der Waals surface area (Å²) in [7, 11) is 2.33. The van der Waals surface area contributed by atoms with Crippen LogP contribution in [-0.2, 0) is 0 Å². The van der Waals surface area contributed by atoms with Gasteiger partial charge in [0.15, 0.2) is 0 Å². The standard InChI is InChI=1S/C18H37N3/c1-17(2,3)19-15-18(9-5-6-10-18)16-20(4)13-14-21-11-7-8-12-21/h19H,5-16H2,1-4H3. The fraction of sp³-hybridized carbons (Fsp3) is 1.00. The molecule has 2 fully saturated rings. The van der Waals surface area contributed by atoms with Gasteiger partial charge in [0.25, 0.3) is 0 Å². The molecule has 1 heterocycles. The molecular formula is C18H37N3. The Morgan fingerprint density at radius 2 is 1.67 bits per heavy atom. The van der Waals surface area contributed by atoms with E-state index in [1.807, 2.05) is 0 Å². The molecule has 1 saturated heterocycles. The Bertz CT molecular complexity index is 296. The smallest absolute Gasteiger partial charge is 0.0109 e. The topological polar surface area (TPSA) is 18.5 Å². The number of hydrogen-bond acceptors (Lipinski definition) is 3. The summed E-state index contributed by atoms with van der Waals surface area (Å²) < 4.78 is 0. The molecule has 21 heavy (non-hydrogen) atoms. The van der Waals surface area contributed by atoms with Crippen molar-refractivity contribution in [3.05, 3.63) is 0 Å². The zero-order chi connectivity index (χ0) is 15.3. The van der Waals surface area contributed by atoms with E-state index in [1.165, 1.54) is 77.8 Å². The molecule has 0 aromatic carbocycles. The van der Waals surface area contributed by atoms with Crippen molar-refractivity contribution in [2.45, 2.75) is 64.8 Å². The largest absolute Gasteiger partial charge is 0.311 e. The van der Waals surface area contributed by atoms with Gasteiger partial charge < -0.3 is 15.1 Å².